The Morgan fingerprint density at radius 2 is 1.44 bits per heavy atom. The Hall–Kier alpha value is -0.120. The van der Waals surface area contributed by atoms with E-state index in [2.05, 4.69) is 33.0 Å². The Bertz CT molecular complexity index is 316. The quantitative estimate of drug-likeness (QED) is 0.719. The van der Waals surface area contributed by atoms with Crippen molar-refractivity contribution in [3.8, 4) is 0 Å². The summed E-state index contributed by atoms with van der Waals surface area (Å²) in [4.78, 5) is 0. The largest absolute Gasteiger partial charge is 0.380 e. The summed E-state index contributed by atoms with van der Waals surface area (Å²) in [5.41, 5.74) is 0.897. The fourth-order valence-electron chi connectivity index (χ4n) is 4.57. The average molecular weight is 253 g/mol. The molecule has 2 spiro atoms. The van der Waals surface area contributed by atoms with E-state index in [9.17, 15) is 0 Å². The van der Waals surface area contributed by atoms with E-state index in [1.54, 1.807) is 0 Å². The van der Waals surface area contributed by atoms with E-state index in [1.807, 2.05) is 0 Å². The second-order valence-corrected chi connectivity index (χ2v) is 8.49. The van der Waals surface area contributed by atoms with Crippen LogP contribution in [0.2, 0.25) is 0 Å². The smallest absolute Gasteiger partial charge is 0.120 e. The van der Waals surface area contributed by atoms with Crippen LogP contribution in [-0.2, 0) is 9.47 Å². The molecule has 0 bridgehead atoms. The van der Waals surface area contributed by atoms with Crippen LogP contribution in [-0.4, -0.2) is 32.1 Å². The number of rotatable bonds is 0. The van der Waals surface area contributed by atoms with Crippen LogP contribution in [0.5, 0.6) is 0 Å². The molecule has 2 heterocycles. The molecule has 0 amide bonds. The van der Waals surface area contributed by atoms with E-state index < -0.39 is 0 Å². The SMILES string of the molecule is CC1(C)CC(C)(C)CC2(C1)NCC1(COC1)CO2. The summed E-state index contributed by atoms with van der Waals surface area (Å²) in [5, 5.41) is 3.74. The molecular formula is C15H27NO2. The highest BCUT2D eigenvalue weighted by molar-refractivity contribution is 5.02. The van der Waals surface area contributed by atoms with Crippen LogP contribution >= 0.6 is 0 Å². The van der Waals surface area contributed by atoms with E-state index >= 15 is 0 Å². The predicted molar refractivity (Wildman–Crippen MR) is 71.4 cm³/mol. The maximum atomic E-state index is 6.34. The van der Waals surface area contributed by atoms with Gasteiger partial charge < -0.3 is 9.47 Å². The zero-order valence-corrected chi connectivity index (χ0v) is 12.3. The average Bonchev–Trinajstić information content (AvgIpc) is 2.10. The lowest BCUT2D eigenvalue weighted by Gasteiger charge is -2.57. The van der Waals surface area contributed by atoms with Crippen LogP contribution in [0.3, 0.4) is 0 Å². The zero-order chi connectivity index (χ0) is 13.1. The molecule has 104 valence electrons. The van der Waals surface area contributed by atoms with E-state index in [0.29, 0.717) is 10.8 Å². The van der Waals surface area contributed by atoms with Crippen LogP contribution < -0.4 is 5.32 Å². The normalized spacial score (nSPS) is 35.3. The molecule has 0 radical (unpaired) electrons. The predicted octanol–water partition coefficient (Wildman–Crippen LogP) is 2.56. The minimum absolute atomic E-state index is 0.0912. The highest BCUT2D eigenvalue weighted by atomic mass is 16.5. The fourth-order valence-corrected chi connectivity index (χ4v) is 4.57. The molecule has 0 aromatic rings. The highest BCUT2D eigenvalue weighted by Gasteiger charge is 2.53. The molecular weight excluding hydrogens is 226 g/mol. The zero-order valence-electron chi connectivity index (χ0n) is 12.3. The molecule has 3 nitrogen and oxygen atoms in total. The number of hydrogen-bond donors (Lipinski definition) is 1. The monoisotopic (exact) mass is 253 g/mol. The van der Waals surface area contributed by atoms with Crippen molar-refractivity contribution in [2.75, 3.05) is 26.4 Å². The Labute approximate surface area is 111 Å². The lowest BCUT2D eigenvalue weighted by molar-refractivity contribution is -0.247. The standard InChI is InChI=1S/C15H27NO2/c1-12(2)5-13(3,4)7-15(6-12)16-8-14(11-18-15)9-17-10-14/h16H,5-11H2,1-4H3. The number of ether oxygens (including phenoxy) is 2. The molecule has 2 aliphatic heterocycles. The molecule has 2 saturated heterocycles. The number of nitrogens with one attached hydrogen (secondary N) is 1. The van der Waals surface area contributed by atoms with Gasteiger partial charge in [0.1, 0.15) is 5.72 Å². The van der Waals surface area contributed by atoms with Crippen molar-refractivity contribution in [3.63, 3.8) is 0 Å². The minimum atomic E-state index is -0.0912. The van der Waals surface area contributed by atoms with Gasteiger partial charge in [0.05, 0.1) is 25.2 Å². The first-order valence-corrected chi connectivity index (χ1v) is 7.21. The second kappa shape index (κ2) is 3.71. The van der Waals surface area contributed by atoms with Gasteiger partial charge in [-0.1, -0.05) is 27.7 Å². The lowest BCUT2D eigenvalue weighted by atomic mass is 9.61. The molecule has 0 atom stereocenters. The fraction of sp³-hybridized carbons (Fsp3) is 1.00. The van der Waals surface area contributed by atoms with Crippen molar-refractivity contribution in [3.05, 3.63) is 0 Å². The van der Waals surface area contributed by atoms with Crippen LogP contribution in [0.1, 0.15) is 47.0 Å². The Kier molecular flexibility index (Phi) is 2.66. The Balaban J connectivity index is 1.75. The van der Waals surface area contributed by atoms with Crippen LogP contribution in [0.4, 0.5) is 0 Å². The van der Waals surface area contributed by atoms with Gasteiger partial charge in [-0.2, -0.15) is 0 Å². The molecule has 18 heavy (non-hydrogen) atoms. The van der Waals surface area contributed by atoms with Crippen molar-refractivity contribution in [1.82, 2.24) is 5.32 Å². The maximum Gasteiger partial charge on any atom is 0.120 e. The van der Waals surface area contributed by atoms with Gasteiger partial charge in [-0.05, 0) is 30.1 Å². The lowest BCUT2D eigenvalue weighted by Crippen LogP contribution is -2.67. The van der Waals surface area contributed by atoms with E-state index in [4.69, 9.17) is 9.47 Å². The van der Waals surface area contributed by atoms with E-state index in [-0.39, 0.29) is 11.1 Å². The summed E-state index contributed by atoms with van der Waals surface area (Å²) < 4.78 is 11.7. The molecule has 3 rings (SSSR count). The molecule has 0 aromatic heterocycles. The van der Waals surface area contributed by atoms with E-state index in [0.717, 1.165) is 39.2 Å². The molecule has 0 aromatic carbocycles. The van der Waals surface area contributed by atoms with Gasteiger partial charge in [-0.15, -0.1) is 0 Å². The summed E-state index contributed by atoms with van der Waals surface area (Å²) in [6, 6.07) is 0. The van der Waals surface area contributed by atoms with Crippen LogP contribution in [0.25, 0.3) is 0 Å². The third kappa shape index (κ3) is 2.21. The van der Waals surface area contributed by atoms with Crippen molar-refractivity contribution in [1.29, 1.82) is 0 Å². The molecule has 0 unspecified atom stereocenters. The summed E-state index contributed by atoms with van der Waals surface area (Å²) in [6.45, 7) is 13.1. The topological polar surface area (TPSA) is 30.5 Å². The first-order valence-electron chi connectivity index (χ1n) is 7.21. The maximum absolute atomic E-state index is 6.34. The summed E-state index contributed by atoms with van der Waals surface area (Å²) in [6.07, 6.45) is 3.53. The highest BCUT2D eigenvalue weighted by Crippen LogP contribution is 2.52. The van der Waals surface area contributed by atoms with Crippen LogP contribution in [0.15, 0.2) is 0 Å². The molecule has 1 N–H and O–H groups in total. The first-order chi connectivity index (χ1) is 8.24. The molecule has 3 fully saturated rings. The van der Waals surface area contributed by atoms with Gasteiger partial charge in [0.25, 0.3) is 0 Å². The molecule has 1 aliphatic carbocycles. The van der Waals surface area contributed by atoms with Crippen molar-refractivity contribution >= 4 is 0 Å². The number of hydrogen-bond acceptors (Lipinski definition) is 3. The van der Waals surface area contributed by atoms with Crippen molar-refractivity contribution < 1.29 is 9.47 Å². The van der Waals surface area contributed by atoms with Gasteiger partial charge >= 0.3 is 0 Å². The third-order valence-corrected chi connectivity index (χ3v) is 4.74. The molecule has 1 saturated carbocycles. The van der Waals surface area contributed by atoms with Gasteiger partial charge in [0, 0.05) is 6.54 Å². The first kappa shape index (κ1) is 12.9. The van der Waals surface area contributed by atoms with Gasteiger partial charge in [-0.25, -0.2) is 0 Å². The van der Waals surface area contributed by atoms with Crippen molar-refractivity contribution in [2.45, 2.75) is 52.7 Å². The van der Waals surface area contributed by atoms with Crippen LogP contribution in [0, 0.1) is 16.2 Å². The van der Waals surface area contributed by atoms with Crippen molar-refractivity contribution in [2.24, 2.45) is 16.2 Å². The van der Waals surface area contributed by atoms with Gasteiger partial charge in [-0.3, -0.25) is 5.32 Å². The third-order valence-electron chi connectivity index (χ3n) is 4.74. The summed E-state index contributed by atoms with van der Waals surface area (Å²) in [7, 11) is 0. The minimum Gasteiger partial charge on any atom is -0.380 e. The Morgan fingerprint density at radius 3 is 1.83 bits per heavy atom. The second-order valence-electron chi connectivity index (χ2n) is 8.49. The van der Waals surface area contributed by atoms with Gasteiger partial charge in [0.15, 0.2) is 0 Å². The molecule has 3 heteroatoms. The summed E-state index contributed by atoms with van der Waals surface area (Å²) >= 11 is 0. The molecule has 3 aliphatic rings. The van der Waals surface area contributed by atoms with E-state index in [1.165, 1.54) is 6.42 Å². The van der Waals surface area contributed by atoms with Gasteiger partial charge in [0.2, 0.25) is 0 Å². The summed E-state index contributed by atoms with van der Waals surface area (Å²) in [5.74, 6) is 0. The Morgan fingerprint density at radius 1 is 0.833 bits per heavy atom.